The van der Waals surface area contributed by atoms with E-state index in [0.717, 1.165) is 23.0 Å². The number of hydrogen-bond donors (Lipinski definition) is 1. The molecule has 0 fully saturated rings. The zero-order valence-electron chi connectivity index (χ0n) is 11.7. The molecule has 3 nitrogen and oxygen atoms in total. The van der Waals surface area contributed by atoms with Gasteiger partial charge in [-0.2, -0.15) is 0 Å². The van der Waals surface area contributed by atoms with Crippen molar-refractivity contribution in [3.05, 3.63) is 77.4 Å². The number of carboxylic acids is 1. The molecule has 106 valence electrons. The molecule has 0 aliphatic carbocycles. The number of rotatable bonds is 5. The molecule has 2 rings (SSSR count). The molecule has 2 aromatic rings. The van der Waals surface area contributed by atoms with Gasteiger partial charge in [0.1, 0.15) is 6.29 Å². The highest BCUT2D eigenvalue weighted by atomic mass is 16.4. The maximum Gasteiger partial charge on any atom is 0.310 e. The van der Waals surface area contributed by atoms with Crippen molar-refractivity contribution in [3.63, 3.8) is 0 Å². The van der Waals surface area contributed by atoms with Crippen molar-refractivity contribution in [2.24, 2.45) is 0 Å². The van der Waals surface area contributed by atoms with Gasteiger partial charge in [0.15, 0.2) is 0 Å². The van der Waals surface area contributed by atoms with Crippen LogP contribution in [0.25, 0.3) is 5.57 Å². The lowest BCUT2D eigenvalue weighted by Crippen LogP contribution is -2.07. The van der Waals surface area contributed by atoms with Crippen LogP contribution in [0.3, 0.4) is 0 Å². The largest absolute Gasteiger partial charge is 0.481 e. The average Bonchev–Trinajstić information content (AvgIpc) is 2.52. The van der Waals surface area contributed by atoms with E-state index in [9.17, 15) is 9.59 Å². The number of carbonyl (C=O) groups excluding carboxylic acids is 1. The van der Waals surface area contributed by atoms with Gasteiger partial charge in [0.25, 0.3) is 0 Å². The molecule has 1 unspecified atom stereocenters. The fraction of sp³-hybridized carbons (Fsp3) is 0.111. The Kier molecular flexibility index (Phi) is 4.67. The Labute approximate surface area is 123 Å². The lowest BCUT2D eigenvalue weighted by Gasteiger charge is -2.11. The minimum Gasteiger partial charge on any atom is -0.481 e. The topological polar surface area (TPSA) is 54.4 Å². The molecule has 21 heavy (non-hydrogen) atoms. The number of benzene rings is 2. The smallest absolute Gasteiger partial charge is 0.310 e. The Morgan fingerprint density at radius 2 is 1.71 bits per heavy atom. The molecule has 0 bridgehead atoms. The third-order valence-electron chi connectivity index (χ3n) is 3.39. The molecule has 0 radical (unpaired) electrons. The summed E-state index contributed by atoms with van der Waals surface area (Å²) in [6.07, 6.45) is 2.25. The summed E-state index contributed by atoms with van der Waals surface area (Å²) in [4.78, 5) is 22.0. The highest BCUT2D eigenvalue weighted by Crippen LogP contribution is 2.26. The van der Waals surface area contributed by atoms with E-state index in [-0.39, 0.29) is 0 Å². The van der Waals surface area contributed by atoms with Gasteiger partial charge in [-0.3, -0.25) is 9.59 Å². The van der Waals surface area contributed by atoms with E-state index >= 15 is 0 Å². The summed E-state index contributed by atoms with van der Waals surface area (Å²) in [5.74, 6) is -1.45. The van der Waals surface area contributed by atoms with E-state index < -0.39 is 11.9 Å². The highest BCUT2D eigenvalue weighted by molar-refractivity contribution is 5.90. The van der Waals surface area contributed by atoms with Gasteiger partial charge in [-0.1, -0.05) is 54.6 Å². The van der Waals surface area contributed by atoms with Crippen molar-refractivity contribution in [1.29, 1.82) is 0 Å². The van der Waals surface area contributed by atoms with E-state index in [0.29, 0.717) is 5.56 Å². The number of carbonyl (C=O) groups is 2. The van der Waals surface area contributed by atoms with Gasteiger partial charge in [0.2, 0.25) is 0 Å². The van der Waals surface area contributed by atoms with Crippen LogP contribution < -0.4 is 0 Å². The second kappa shape index (κ2) is 6.66. The lowest BCUT2D eigenvalue weighted by molar-refractivity contribution is -0.138. The summed E-state index contributed by atoms with van der Waals surface area (Å²) < 4.78 is 0. The van der Waals surface area contributed by atoms with Crippen LogP contribution in [0.2, 0.25) is 0 Å². The zero-order valence-corrected chi connectivity index (χ0v) is 11.7. The normalized spacial score (nSPS) is 12.7. The van der Waals surface area contributed by atoms with E-state index in [4.69, 9.17) is 5.11 Å². The van der Waals surface area contributed by atoms with E-state index in [1.807, 2.05) is 48.5 Å². The van der Waals surface area contributed by atoms with Gasteiger partial charge in [-0.05, 0) is 35.3 Å². The van der Waals surface area contributed by atoms with Crippen molar-refractivity contribution in [3.8, 4) is 0 Å². The number of hydrogen-bond acceptors (Lipinski definition) is 2. The quantitative estimate of drug-likeness (QED) is 0.673. The maximum absolute atomic E-state index is 11.1. The van der Waals surface area contributed by atoms with Gasteiger partial charge in [0, 0.05) is 0 Å². The van der Waals surface area contributed by atoms with Crippen LogP contribution in [0.5, 0.6) is 0 Å². The SMILES string of the molecule is CC(C(=O)O)c1cccc(C(=CC=O)c2ccccc2)c1. The summed E-state index contributed by atoms with van der Waals surface area (Å²) in [6, 6.07) is 16.8. The first kappa shape index (κ1) is 14.7. The third-order valence-corrected chi connectivity index (χ3v) is 3.39. The summed E-state index contributed by atoms with van der Waals surface area (Å²) in [5, 5.41) is 9.11. The van der Waals surface area contributed by atoms with E-state index in [2.05, 4.69) is 0 Å². The van der Waals surface area contributed by atoms with Gasteiger partial charge < -0.3 is 5.11 Å². The third kappa shape index (κ3) is 3.45. The second-order valence-electron chi connectivity index (χ2n) is 4.77. The highest BCUT2D eigenvalue weighted by Gasteiger charge is 2.14. The molecule has 3 heteroatoms. The van der Waals surface area contributed by atoms with E-state index in [1.165, 1.54) is 6.08 Å². The average molecular weight is 280 g/mol. The molecule has 0 saturated heterocycles. The molecular formula is C18H16O3. The molecular weight excluding hydrogens is 264 g/mol. The summed E-state index contributed by atoms with van der Waals surface area (Å²) >= 11 is 0. The molecule has 2 aromatic carbocycles. The zero-order chi connectivity index (χ0) is 15.2. The molecule has 0 heterocycles. The van der Waals surface area contributed by atoms with Crippen molar-refractivity contribution in [2.75, 3.05) is 0 Å². The van der Waals surface area contributed by atoms with Crippen LogP contribution in [0.4, 0.5) is 0 Å². The van der Waals surface area contributed by atoms with Crippen molar-refractivity contribution < 1.29 is 14.7 Å². The van der Waals surface area contributed by atoms with Crippen LogP contribution in [-0.4, -0.2) is 17.4 Å². The Morgan fingerprint density at radius 1 is 1.05 bits per heavy atom. The van der Waals surface area contributed by atoms with Crippen molar-refractivity contribution in [2.45, 2.75) is 12.8 Å². The molecule has 1 N–H and O–H groups in total. The number of carboxylic acid groups (broad SMARTS) is 1. The summed E-state index contributed by atoms with van der Waals surface area (Å²) in [5.41, 5.74) is 3.25. The first-order chi connectivity index (χ1) is 10.1. The van der Waals surface area contributed by atoms with Crippen LogP contribution in [0.15, 0.2) is 60.7 Å². The number of allylic oxidation sites excluding steroid dienone is 1. The standard InChI is InChI=1S/C18H16O3/c1-13(18(20)21)15-8-5-9-16(12-15)17(10-11-19)14-6-3-2-4-7-14/h2-13H,1H3,(H,20,21). The van der Waals surface area contributed by atoms with Gasteiger partial charge in [0.05, 0.1) is 5.92 Å². The minimum absolute atomic E-state index is 0.585. The summed E-state index contributed by atoms with van der Waals surface area (Å²) in [7, 11) is 0. The minimum atomic E-state index is -0.868. The second-order valence-corrected chi connectivity index (χ2v) is 4.77. The van der Waals surface area contributed by atoms with Crippen LogP contribution in [0.1, 0.15) is 29.5 Å². The molecule has 0 aliphatic rings. The molecule has 0 spiro atoms. The first-order valence-electron chi connectivity index (χ1n) is 6.67. The van der Waals surface area contributed by atoms with Gasteiger partial charge >= 0.3 is 5.97 Å². The van der Waals surface area contributed by atoms with Crippen LogP contribution in [-0.2, 0) is 9.59 Å². The number of aldehydes is 1. The molecule has 0 aromatic heterocycles. The van der Waals surface area contributed by atoms with Gasteiger partial charge in [-0.15, -0.1) is 0 Å². The predicted molar refractivity (Wildman–Crippen MR) is 82.1 cm³/mol. The van der Waals surface area contributed by atoms with E-state index in [1.54, 1.807) is 13.0 Å². The Bertz CT molecular complexity index is 672. The molecule has 0 aliphatic heterocycles. The Hall–Kier alpha value is -2.68. The number of aliphatic carboxylic acids is 1. The lowest BCUT2D eigenvalue weighted by atomic mass is 9.93. The van der Waals surface area contributed by atoms with Crippen molar-refractivity contribution >= 4 is 17.8 Å². The fourth-order valence-electron chi connectivity index (χ4n) is 2.16. The molecule has 0 amide bonds. The predicted octanol–water partition coefficient (Wildman–Crippen LogP) is 3.51. The van der Waals surface area contributed by atoms with Crippen LogP contribution in [0, 0.1) is 0 Å². The summed E-state index contributed by atoms with van der Waals surface area (Å²) in [6.45, 7) is 1.65. The maximum atomic E-state index is 11.1. The fourth-order valence-corrected chi connectivity index (χ4v) is 2.16. The first-order valence-corrected chi connectivity index (χ1v) is 6.67. The Balaban J connectivity index is 2.48. The van der Waals surface area contributed by atoms with Crippen LogP contribution >= 0.6 is 0 Å². The van der Waals surface area contributed by atoms with Gasteiger partial charge in [-0.25, -0.2) is 0 Å². The molecule has 1 atom stereocenters. The Morgan fingerprint density at radius 3 is 2.33 bits per heavy atom. The van der Waals surface area contributed by atoms with Crippen molar-refractivity contribution in [1.82, 2.24) is 0 Å². The molecule has 0 saturated carbocycles. The monoisotopic (exact) mass is 280 g/mol.